The number of piperidine rings is 1. The Kier molecular flexibility index (Phi) is 10.1. The Labute approximate surface area is 278 Å². The van der Waals surface area contributed by atoms with Crippen LogP contribution in [0.2, 0.25) is 5.02 Å². The number of pyridine rings is 1. The number of aryl methyl sites for hydroxylation is 2. The summed E-state index contributed by atoms with van der Waals surface area (Å²) in [6.45, 7) is 15.0. The number of alkyl halides is 1. The van der Waals surface area contributed by atoms with Crippen molar-refractivity contribution in [3.63, 3.8) is 0 Å². The van der Waals surface area contributed by atoms with Crippen LogP contribution in [0.25, 0.3) is 22.2 Å². The van der Waals surface area contributed by atoms with Crippen molar-refractivity contribution >= 4 is 28.3 Å². The molecule has 2 aromatic heterocycles. The molecule has 3 atom stereocenters. The number of benzene rings is 1. The quantitative estimate of drug-likeness (QED) is 0.286. The van der Waals surface area contributed by atoms with E-state index in [9.17, 15) is 4.39 Å². The van der Waals surface area contributed by atoms with Crippen LogP contribution in [-0.2, 0) is 12.8 Å². The summed E-state index contributed by atoms with van der Waals surface area (Å²) in [6.07, 6.45) is 12.1. The summed E-state index contributed by atoms with van der Waals surface area (Å²) in [5.41, 5.74) is 4.68. The molecule has 9 heteroatoms. The van der Waals surface area contributed by atoms with Gasteiger partial charge < -0.3 is 10.2 Å². The monoisotopic (exact) mass is 650 g/mol. The van der Waals surface area contributed by atoms with Gasteiger partial charge in [-0.2, -0.15) is 0 Å². The first kappa shape index (κ1) is 33.1. The number of allylic oxidation sites excluding steroid dienone is 1. The lowest BCUT2D eigenvalue weighted by Gasteiger charge is -2.34. The molecule has 7 heterocycles. The third-order valence-electron chi connectivity index (χ3n) is 10.5. The van der Waals surface area contributed by atoms with Gasteiger partial charge in [0.05, 0.1) is 5.39 Å². The second kappa shape index (κ2) is 14.1. The van der Waals surface area contributed by atoms with Crippen LogP contribution in [0, 0.1) is 18.7 Å². The predicted molar refractivity (Wildman–Crippen MR) is 185 cm³/mol. The maximum Gasteiger partial charge on any atom is 0.175 e. The summed E-state index contributed by atoms with van der Waals surface area (Å²) >= 11 is 6.71. The summed E-state index contributed by atoms with van der Waals surface area (Å²) in [4.78, 5) is 18.8. The second-order valence-corrected chi connectivity index (χ2v) is 14.5. The standard InChI is InChI=1S/C29H35ClFN5.C8H14FN/c1-4-25-34-28-23-16-33-27(26(28)31)22-14-18(2)15-24(30)21(22)10-6-5-8-19(3)32-12-11-20-9-7-13-36(17-20)29(23)35-25;1-8-3-2-4-10(8)6-7(9)5-8/h14-16,20,32H,3-13,17H2,1-2H3;7H,2-6H2,1H3. The van der Waals surface area contributed by atoms with E-state index in [-0.39, 0.29) is 11.4 Å². The van der Waals surface area contributed by atoms with Crippen LogP contribution in [0.1, 0.15) is 88.6 Å². The lowest BCUT2D eigenvalue weighted by molar-refractivity contribution is 0.217. The average Bonchev–Trinajstić information content (AvgIpc) is 3.52. The molecule has 3 saturated heterocycles. The number of aromatic nitrogens is 3. The van der Waals surface area contributed by atoms with Gasteiger partial charge in [-0.15, -0.1) is 0 Å². The van der Waals surface area contributed by atoms with Gasteiger partial charge >= 0.3 is 0 Å². The molecule has 3 aromatic rings. The van der Waals surface area contributed by atoms with Crippen LogP contribution < -0.4 is 10.2 Å². The van der Waals surface area contributed by atoms with Gasteiger partial charge in [0.25, 0.3) is 0 Å². The van der Waals surface area contributed by atoms with E-state index in [0.717, 1.165) is 99.3 Å². The molecule has 248 valence electrons. The lowest BCUT2D eigenvalue weighted by atomic mass is 9.94. The van der Waals surface area contributed by atoms with E-state index >= 15 is 4.39 Å². The number of rotatable bonds is 1. The molecule has 5 aliphatic heterocycles. The van der Waals surface area contributed by atoms with Gasteiger partial charge in [-0.1, -0.05) is 25.1 Å². The van der Waals surface area contributed by atoms with E-state index in [1.165, 1.54) is 19.3 Å². The molecular weight excluding hydrogens is 602 g/mol. The number of nitrogens with one attached hydrogen (secondary N) is 1. The molecule has 6 bridgehead atoms. The molecule has 0 amide bonds. The van der Waals surface area contributed by atoms with Crippen LogP contribution in [0.3, 0.4) is 0 Å². The Balaban J connectivity index is 0.000000314. The Morgan fingerprint density at radius 1 is 1.09 bits per heavy atom. The van der Waals surface area contributed by atoms with Crippen molar-refractivity contribution in [2.24, 2.45) is 5.92 Å². The van der Waals surface area contributed by atoms with Crippen molar-refractivity contribution in [2.45, 2.75) is 103 Å². The fourth-order valence-corrected chi connectivity index (χ4v) is 8.36. The van der Waals surface area contributed by atoms with E-state index < -0.39 is 6.17 Å². The van der Waals surface area contributed by atoms with Crippen molar-refractivity contribution < 1.29 is 8.78 Å². The lowest BCUT2D eigenvalue weighted by Crippen LogP contribution is -2.37. The Morgan fingerprint density at radius 3 is 2.72 bits per heavy atom. The van der Waals surface area contributed by atoms with Crippen LogP contribution in [0.15, 0.2) is 30.6 Å². The Bertz CT molecular complexity index is 1580. The van der Waals surface area contributed by atoms with E-state index in [1.807, 2.05) is 26.0 Å². The zero-order chi connectivity index (χ0) is 32.4. The minimum Gasteiger partial charge on any atom is -0.389 e. The summed E-state index contributed by atoms with van der Waals surface area (Å²) in [5, 5.41) is 4.89. The number of fused-ring (bicyclic) bond motifs is 9. The molecule has 0 aliphatic carbocycles. The van der Waals surface area contributed by atoms with Gasteiger partial charge in [0.15, 0.2) is 5.82 Å². The average molecular weight is 651 g/mol. The Hall–Kier alpha value is -2.84. The minimum atomic E-state index is -0.551. The van der Waals surface area contributed by atoms with E-state index in [0.29, 0.717) is 46.3 Å². The highest BCUT2D eigenvalue weighted by Gasteiger charge is 2.44. The van der Waals surface area contributed by atoms with Crippen molar-refractivity contribution in [1.29, 1.82) is 0 Å². The van der Waals surface area contributed by atoms with E-state index in [1.54, 1.807) is 6.20 Å². The molecule has 0 radical (unpaired) electrons. The Morgan fingerprint density at radius 2 is 1.91 bits per heavy atom. The molecule has 1 N–H and O–H groups in total. The molecular formula is C37H49ClF2N6. The fourth-order valence-electron chi connectivity index (χ4n) is 7.99. The second-order valence-electron chi connectivity index (χ2n) is 14.1. The van der Waals surface area contributed by atoms with Gasteiger partial charge in [0.1, 0.15) is 29.0 Å². The molecule has 0 spiro atoms. The molecule has 1 aromatic carbocycles. The number of nitrogens with zero attached hydrogens (tertiary/aromatic N) is 5. The largest absolute Gasteiger partial charge is 0.389 e. The third-order valence-corrected chi connectivity index (χ3v) is 10.8. The summed E-state index contributed by atoms with van der Waals surface area (Å²) in [5.74, 6) is 1.63. The van der Waals surface area contributed by atoms with E-state index in [2.05, 4.69) is 38.6 Å². The maximum atomic E-state index is 16.3. The topological polar surface area (TPSA) is 57.2 Å². The SMILES string of the molecule is C=C1CCCCc2c(Cl)cc(C)cc2-c2ncc3c(nc(CC)nc3c2F)N2CCCC(CCN1)C2.CC12CCCN1CC(F)C2. The zero-order valence-corrected chi connectivity index (χ0v) is 28.5. The molecule has 3 unspecified atom stereocenters. The predicted octanol–water partition coefficient (Wildman–Crippen LogP) is 8.37. The molecule has 8 rings (SSSR count). The third kappa shape index (κ3) is 7.03. The fraction of sp³-hybridized carbons (Fsp3) is 0.595. The molecule has 6 nitrogen and oxygen atoms in total. The van der Waals surface area contributed by atoms with Gasteiger partial charge in [-0.05, 0) is 114 Å². The van der Waals surface area contributed by atoms with E-state index in [4.69, 9.17) is 16.6 Å². The van der Waals surface area contributed by atoms with Crippen molar-refractivity contribution in [3.8, 4) is 11.3 Å². The number of halogens is 3. The highest BCUT2D eigenvalue weighted by atomic mass is 35.5. The van der Waals surface area contributed by atoms with Gasteiger partial charge in [-0.25, -0.2) is 18.7 Å². The number of hydrogen-bond acceptors (Lipinski definition) is 6. The molecule has 46 heavy (non-hydrogen) atoms. The summed E-state index contributed by atoms with van der Waals surface area (Å²) < 4.78 is 29.1. The van der Waals surface area contributed by atoms with Crippen molar-refractivity contribution in [2.75, 3.05) is 37.6 Å². The van der Waals surface area contributed by atoms with Crippen LogP contribution in [-0.4, -0.2) is 64.3 Å². The van der Waals surface area contributed by atoms with Crippen molar-refractivity contribution in [1.82, 2.24) is 25.2 Å². The minimum absolute atomic E-state index is 0.236. The highest BCUT2D eigenvalue weighted by Crippen LogP contribution is 2.39. The van der Waals surface area contributed by atoms with Crippen LogP contribution >= 0.6 is 11.6 Å². The molecule has 3 fully saturated rings. The summed E-state index contributed by atoms with van der Waals surface area (Å²) in [7, 11) is 0. The van der Waals surface area contributed by atoms with Gasteiger partial charge in [0.2, 0.25) is 0 Å². The first-order valence-corrected chi connectivity index (χ1v) is 17.7. The maximum absolute atomic E-state index is 16.3. The van der Waals surface area contributed by atoms with Crippen LogP contribution in [0.5, 0.6) is 0 Å². The zero-order valence-electron chi connectivity index (χ0n) is 27.8. The number of hydrogen-bond donors (Lipinski definition) is 1. The normalized spacial score (nSPS) is 25.4. The first-order chi connectivity index (χ1) is 22.1. The highest BCUT2D eigenvalue weighted by molar-refractivity contribution is 6.31. The van der Waals surface area contributed by atoms with Crippen molar-refractivity contribution in [3.05, 3.63) is 58.4 Å². The number of anilines is 1. The molecule has 5 aliphatic rings. The smallest absolute Gasteiger partial charge is 0.175 e. The van der Waals surface area contributed by atoms with Gasteiger partial charge in [0, 0.05) is 60.6 Å². The van der Waals surface area contributed by atoms with Crippen LogP contribution in [0.4, 0.5) is 14.6 Å². The van der Waals surface area contributed by atoms with Gasteiger partial charge in [-0.3, -0.25) is 9.88 Å². The molecule has 0 saturated carbocycles. The first-order valence-electron chi connectivity index (χ1n) is 17.4. The summed E-state index contributed by atoms with van der Waals surface area (Å²) in [6, 6.07) is 3.95.